The highest BCUT2D eigenvalue weighted by molar-refractivity contribution is 5.82. The highest BCUT2D eigenvalue weighted by Crippen LogP contribution is 2.39. The van der Waals surface area contributed by atoms with E-state index in [1.807, 2.05) is 60.7 Å². The van der Waals surface area contributed by atoms with Gasteiger partial charge in [-0.15, -0.1) is 0 Å². The van der Waals surface area contributed by atoms with Crippen LogP contribution in [0.1, 0.15) is 66.0 Å². The summed E-state index contributed by atoms with van der Waals surface area (Å²) in [5, 5.41) is 12.5. The third-order valence-electron chi connectivity index (χ3n) is 9.20. The highest BCUT2D eigenvalue weighted by Gasteiger charge is 2.33. The number of carbonyl (C=O) groups excluding carboxylic acids is 2. The van der Waals surface area contributed by atoms with Gasteiger partial charge < -0.3 is 24.6 Å². The molecule has 5 aromatic carbocycles. The lowest BCUT2D eigenvalue weighted by atomic mass is 9.98. The summed E-state index contributed by atoms with van der Waals surface area (Å²) in [6.07, 6.45) is -1.04. The number of hydrogen-bond donors (Lipinski definition) is 2. The normalized spacial score (nSPS) is 17.7. The molecule has 1 aliphatic rings. The fourth-order valence-corrected chi connectivity index (χ4v) is 6.52. The Balaban J connectivity index is 1.20. The van der Waals surface area contributed by atoms with Gasteiger partial charge in [-0.2, -0.15) is 0 Å². The molecule has 4 atom stereocenters. The maximum atomic E-state index is 12.4. The molecule has 0 spiro atoms. The van der Waals surface area contributed by atoms with Gasteiger partial charge in [0.2, 0.25) is 0 Å². The van der Waals surface area contributed by atoms with Crippen LogP contribution < -0.4 is 5.32 Å². The molecule has 1 amide bonds. The van der Waals surface area contributed by atoms with Crippen LogP contribution in [0.25, 0.3) is 11.1 Å². The first-order chi connectivity index (χ1) is 25.3. The monoisotopic (exact) mass is 698 g/mol. The van der Waals surface area contributed by atoms with Crippen molar-refractivity contribution in [1.29, 1.82) is 0 Å². The first kappa shape index (κ1) is 36.7. The van der Waals surface area contributed by atoms with Crippen LogP contribution in [0.3, 0.4) is 0 Å². The molecule has 4 unspecified atom stereocenters. The molecule has 0 saturated carbocycles. The van der Waals surface area contributed by atoms with Crippen molar-refractivity contribution >= 4 is 11.9 Å². The summed E-state index contributed by atoms with van der Waals surface area (Å²) in [6, 6.07) is 45.2. The Bertz CT molecular complexity index is 1840. The molecule has 0 radical (unpaired) electrons. The molecular formula is C44H46N2O6. The zero-order valence-electron chi connectivity index (χ0n) is 29.7. The molecule has 1 heterocycles. The van der Waals surface area contributed by atoms with Crippen molar-refractivity contribution < 1.29 is 28.9 Å². The number of amides is 1. The molecule has 268 valence electrons. The average molecular weight is 699 g/mol. The van der Waals surface area contributed by atoms with Crippen molar-refractivity contribution in [2.45, 2.75) is 71.1 Å². The largest absolute Gasteiger partial charge is 0.453 e. The van der Waals surface area contributed by atoms with Crippen molar-refractivity contribution in [3.05, 3.63) is 167 Å². The van der Waals surface area contributed by atoms with Crippen LogP contribution in [0, 0.1) is 0 Å². The minimum absolute atomic E-state index is 0.00667. The van der Waals surface area contributed by atoms with Gasteiger partial charge in [-0.05, 0) is 51.9 Å². The van der Waals surface area contributed by atoms with Crippen molar-refractivity contribution in [3.63, 3.8) is 0 Å². The Morgan fingerprint density at radius 2 is 1.37 bits per heavy atom. The second-order valence-electron chi connectivity index (χ2n) is 13.3. The molecular weight excluding hydrogens is 652 g/mol. The Morgan fingerprint density at radius 3 is 1.98 bits per heavy atom. The molecule has 0 aliphatic carbocycles. The topological polar surface area (TPSA) is 97.3 Å². The van der Waals surface area contributed by atoms with Gasteiger partial charge in [-0.3, -0.25) is 14.5 Å². The summed E-state index contributed by atoms with van der Waals surface area (Å²) in [7, 11) is 0. The zero-order valence-corrected chi connectivity index (χ0v) is 29.7. The van der Waals surface area contributed by atoms with Gasteiger partial charge in [0.25, 0.3) is 5.91 Å². The van der Waals surface area contributed by atoms with E-state index in [1.54, 1.807) is 6.92 Å². The highest BCUT2D eigenvalue weighted by atomic mass is 16.7. The average Bonchev–Trinajstić information content (AvgIpc) is 3.17. The van der Waals surface area contributed by atoms with Gasteiger partial charge in [-0.25, -0.2) is 0 Å². The van der Waals surface area contributed by atoms with Gasteiger partial charge in [0, 0.05) is 45.1 Å². The molecule has 1 fully saturated rings. The standard InChI is InChI=1S/C44H46N2O6/c1-31(50-32(2)48)43(49)45-26-36-14-9-15-40(24-36)37-20-22-39(23-21-37)44-51-41(25-42(52-44)38-18-16-35(30-47)17-19-38)29-46(27-33-10-5-3-6-11-33)28-34-12-7-4-8-13-34/h3-24,31,41-42,44,47H,25-30H2,1-2H3,(H,45,49). The molecule has 8 nitrogen and oxygen atoms in total. The number of aliphatic hydroxyl groups excluding tert-OH is 1. The van der Waals surface area contributed by atoms with E-state index in [1.165, 1.54) is 18.1 Å². The van der Waals surface area contributed by atoms with Crippen LogP contribution in [-0.2, 0) is 50.0 Å². The SMILES string of the molecule is CC(=O)OC(C)C(=O)NCc1cccc(-c2ccc(C3OC(CN(Cc4ccccc4)Cc4ccccc4)CC(c4ccc(CO)cc4)O3)cc2)c1. The van der Waals surface area contributed by atoms with Gasteiger partial charge >= 0.3 is 5.97 Å². The molecule has 0 bridgehead atoms. The summed E-state index contributed by atoms with van der Waals surface area (Å²) in [5.41, 5.74) is 8.28. The number of ether oxygens (including phenoxy) is 3. The van der Waals surface area contributed by atoms with E-state index in [4.69, 9.17) is 14.2 Å². The fourth-order valence-electron chi connectivity index (χ4n) is 6.52. The molecule has 2 N–H and O–H groups in total. The zero-order chi connectivity index (χ0) is 36.3. The number of nitrogens with one attached hydrogen (secondary N) is 1. The molecule has 8 heteroatoms. The van der Waals surface area contributed by atoms with Crippen molar-refractivity contribution in [1.82, 2.24) is 10.2 Å². The van der Waals surface area contributed by atoms with Gasteiger partial charge in [-0.1, -0.05) is 127 Å². The van der Waals surface area contributed by atoms with Crippen molar-refractivity contribution in [2.75, 3.05) is 6.54 Å². The molecule has 52 heavy (non-hydrogen) atoms. The Kier molecular flexibility index (Phi) is 12.6. The lowest BCUT2D eigenvalue weighted by Crippen LogP contribution is -2.39. The van der Waals surface area contributed by atoms with Crippen LogP contribution in [0.2, 0.25) is 0 Å². The minimum atomic E-state index is -0.854. The summed E-state index contributed by atoms with van der Waals surface area (Å²) < 4.78 is 18.4. The number of esters is 1. The summed E-state index contributed by atoms with van der Waals surface area (Å²) in [4.78, 5) is 26.0. The van der Waals surface area contributed by atoms with Gasteiger partial charge in [0.15, 0.2) is 12.4 Å². The number of carbonyl (C=O) groups is 2. The van der Waals surface area contributed by atoms with Crippen molar-refractivity contribution in [3.8, 4) is 11.1 Å². The Morgan fingerprint density at radius 1 is 0.750 bits per heavy atom. The number of benzene rings is 5. The van der Waals surface area contributed by atoms with E-state index in [9.17, 15) is 14.7 Å². The predicted molar refractivity (Wildman–Crippen MR) is 200 cm³/mol. The number of aliphatic hydroxyl groups is 1. The molecule has 5 aromatic rings. The fraction of sp³-hybridized carbons (Fsp3) is 0.273. The Hall–Kier alpha value is -5.12. The van der Waals surface area contributed by atoms with E-state index in [0.717, 1.165) is 53.0 Å². The first-order valence-electron chi connectivity index (χ1n) is 17.8. The third kappa shape index (κ3) is 10.2. The first-order valence-corrected chi connectivity index (χ1v) is 17.8. The van der Waals surface area contributed by atoms with Crippen LogP contribution in [0.4, 0.5) is 0 Å². The van der Waals surface area contributed by atoms with Gasteiger partial charge in [0.05, 0.1) is 18.8 Å². The smallest absolute Gasteiger partial charge is 0.303 e. The Labute approximate surface area is 306 Å². The third-order valence-corrected chi connectivity index (χ3v) is 9.20. The number of rotatable bonds is 14. The minimum Gasteiger partial charge on any atom is -0.453 e. The summed E-state index contributed by atoms with van der Waals surface area (Å²) in [5.74, 6) is -0.838. The van der Waals surface area contributed by atoms with Crippen molar-refractivity contribution in [2.24, 2.45) is 0 Å². The van der Waals surface area contributed by atoms with Gasteiger partial charge in [0.1, 0.15) is 0 Å². The van der Waals surface area contributed by atoms with E-state index in [2.05, 4.69) is 83.0 Å². The summed E-state index contributed by atoms with van der Waals surface area (Å²) >= 11 is 0. The molecule has 1 aliphatic heterocycles. The van der Waals surface area contributed by atoms with Crippen LogP contribution >= 0.6 is 0 Å². The summed E-state index contributed by atoms with van der Waals surface area (Å²) in [6.45, 7) is 5.44. The predicted octanol–water partition coefficient (Wildman–Crippen LogP) is 7.66. The second-order valence-corrected chi connectivity index (χ2v) is 13.3. The number of hydrogen-bond acceptors (Lipinski definition) is 7. The molecule has 6 rings (SSSR count). The second kappa shape index (κ2) is 17.9. The lowest BCUT2D eigenvalue weighted by Gasteiger charge is -2.38. The lowest BCUT2D eigenvalue weighted by molar-refractivity contribution is -0.253. The van der Waals surface area contributed by atoms with E-state index < -0.39 is 18.4 Å². The van der Waals surface area contributed by atoms with Crippen LogP contribution in [-0.4, -0.2) is 40.6 Å². The van der Waals surface area contributed by atoms with E-state index in [-0.39, 0.29) is 24.7 Å². The van der Waals surface area contributed by atoms with E-state index in [0.29, 0.717) is 13.0 Å². The van der Waals surface area contributed by atoms with E-state index >= 15 is 0 Å². The van der Waals surface area contributed by atoms with Crippen LogP contribution in [0.15, 0.2) is 133 Å². The molecule has 0 aromatic heterocycles. The van der Waals surface area contributed by atoms with Crippen LogP contribution in [0.5, 0.6) is 0 Å². The maximum Gasteiger partial charge on any atom is 0.303 e. The number of nitrogens with zero attached hydrogens (tertiary/aromatic N) is 1. The maximum absolute atomic E-state index is 12.4. The molecule has 1 saturated heterocycles. The quantitative estimate of drug-likeness (QED) is 0.115.